The molecule has 1 aliphatic heterocycles. The van der Waals surface area contributed by atoms with Crippen molar-refractivity contribution in [2.45, 2.75) is 25.1 Å². The fraction of sp³-hybridized carbons (Fsp3) is 0.818. The minimum atomic E-state index is -0.690. The second kappa shape index (κ2) is 6.81. The van der Waals surface area contributed by atoms with E-state index in [1.54, 1.807) is 12.0 Å². The Bertz CT molecular complexity index is 276. The summed E-state index contributed by atoms with van der Waals surface area (Å²) >= 11 is 5.58. The van der Waals surface area contributed by atoms with Gasteiger partial charge in [0, 0.05) is 26.8 Å². The number of carbonyl (C=O) groups excluding carboxylic acids is 2. The fourth-order valence-electron chi connectivity index (χ4n) is 1.82. The molecule has 5 nitrogen and oxygen atoms in total. The van der Waals surface area contributed by atoms with Crippen LogP contribution in [0, 0.1) is 5.92 Å². The highest BCUT2D eigenvalue weighted by Gasteiger charge is 2.24. The number of nitrogens with one attached hydrogen (secondary N) is 1. The molecule has 1 unspecified atom stereocenters. The van der Waals surface area contributed by atoms with Crippen LogP contribution in [-0.2, 0) is 9.53 Å². The molecular formula is C11H19ClN2O3. The Morgan fingerprint density at radius 2 is 2.06 bits per heavy atom. The van der Waals surface area contributed by atoms with Crippen molar-refractivity contribution in [3.05, 3.63) is 0 Å². The van der Waals surface area contributed by atoms with E-state index in [2.05, 4.69) is 5.32 Å². The van der Waals surface area contributed by atoms with Crippen LogP contribution in [0.25, 0.3) is 0 Å². The molecule has 0 saturated carbocycles. The summed E-state index contributed by atoms with van der Waals surface area (Å²) in [4.78, 5) is 24.6. The van der Waals surface area contributed by atoms with Gasteiger partial charge in [0.2, 0.25) is 5.91 Å². The van der Waals surface area contributed by atoms with Gasteiger partial charge in [0.15, 0.2) is 0 Å². The van der Waals surface area contributed by atoms with Gasteiger partial charge in [0.05, 0.1) is 0 Å². The zero-order valence-corrected chi connectivity index (χ0v) is 11.0. The van der Waals surface area contributed by atoms with E-state index in [1.165, 1.54) is 6.92 Å². The Morgan fingerprint density at radius 3 is 2.53 bits per heavy atom. The van der Waals surface area contributed by atoms with Crippen molar-refractivity contribution in [2.75, 3.05) is 26.8 Å². The highest BCUT2D eigenvalue weighted by Crippen LogP contribution is 2.17. The van der Waals surface area contributed by atoms with Gasteiger partial charge in [-0.15, -0.1) is 11.6 Å². The maximum atomic E-state index is 11.7. The number of piperidine rings is 1. The molecule has 0 aromatic carbocycles. The number of ether oxygens (including phenoxy) is 1. The lowest BCUT2D eigenvalue weighted by molar-refractivity contribution is -0.119. The average molecular weight is 263 g/mol. The highest BCUT2D eigenvalue weighted by molar-refractivity contribution is 6.31. The van der Waals surface area contributed by atoms with E-state index in [4.69, 9.17) is 16.3 Å². The number of carbonyl (C=O) groups is 2. The number of methoxy groups -OCH3 is 1. The Balaban J connectivity index is 2.33. The highest BCUT2D eigenvalue weighted by atomic mass is 35.5. The molecule has 1 aliphatic rings. The molecule has 1 rings (SSSR count). The van der Waals surface area contributed by atoms with Crippen LogP contribution in [0.5, 0.6) is 0 Å². The molecule has 0 aromatic heterocycles. The smallest absolute Gasteiger partial charge is 0.324 e. The van der Waals surface area contributed by atoms with Crippen LogP contribution >= 0.6 is 11.6 Å². The van der Waals surface area contributed by atoms with E-state index in [-0.39, 0.29) is 6.03 Å². The van der Waals surface area contributed by atoms with Crippen LogP contribution in [0.1, 0.15) is 19.8 Å². The molecule has 1 N–H and O–H groups in total. The minimum absolute atomic E-state index is 0.349. The van der Waals surface area contributed by atoms with Gasteiger partial charge in [0.25, 0.3) is 0 Å². The van der Waals surface area contributed by atoms with Crippen LogP contribution in [-0.4, -0.2) is 49.0 Å². The van der Waals surface area contributed by atoms with E-state index in [0.29, 0.717) is 19.0 Å². The van der Waals surface area contributed by atoms with Crippen molar-refractivity contribution in [3.63, 3.8) is 0 Å². The number of alkyl halides is 1. The lowest BCUT2D eigenvalue weighted by Gasteiger charge is -2.31. The number of amides is 3. The Labute approximate surface area is 106 Å². The van der Waals surface area contributed by atoms with Crippen molar-refractivity contribution in [2.24, 2.45) is 5.92 Å². The summed E-state index contributed by atoms with van der Waals surface area (Å²) in [5.41, 5.74) is 0. The Hall–Kier alpha value is -0.810. The van der Waals surface area contributed by atoms with Gasteiger partial charge in [0.1, 0.15) is 5.38 Å². The van der Waals surface area contributed by atoms with E-state index in [9.17, 15) is 9.59 Å². The van der Waals surface area contributed by atoms with Gasteiger partial charge in [-0.2, -0.15) is 0 Å². The van der Waals surface area contributed by atoms with Crippen molar-refractivity contribution >= 4 is 23.5 Å². The third kappa shape index (κ3) is 4.52. The van der Waals surface area contributed by atoms with Gasteiger partial charge >= 0.3 is 6.03 Å². The zero-order valence-electron chi connectivity index (χ0n) is 10.2. The van der Waals surface area contributed by atoms with Crippen LogP contribution in [0.15, 0.2) is 0 Å². The second-order valence-corrected chi connectivity index (χ2v) is 4.95. The van der Waals surface area contributed by atoms with E-state index >= 15 is 0 Å². The molecule has 0 aromatic rings. The molecule has 0 radical (unpaired) electrons. The van der Waals surface area contributed by atoms with E-state index in [0.717, 1.165) is 19.4 Å². The summed E-state index contributed by atoms with van der Waals surface area (Å²) in [6.07, 6.45) is 1.82. The van der Waals surface area contributed by atoms with E-state index < -0.39 is 11.3 Å². The number of urea groups is 1. The molecule has 1 fully saturated rings. The van der Waals surface area contributed by atoms with E-state index in [1.807, 2.05) is 0 Å². The number of nitrogens with zero attached hydrogens (tertiary/aromatic N) is 1. The predicted molar refractivity (Wildman–Crippen MR) is 65.0 cm³/mol. The van der Waals surface area contributed by atoms with Gasteiger partial charge in [-0.05, 0) is 25.7 Å². The summed E-state index contributed by atoms with van der Waals surface area (Å²) < 4.78 is 5.08. The molecule has 6 heteroatoms. The van der Waals surface area contributed by atoms with Crippen molar-refractivity contribution in [3.8, 4) is 0 Å². The SMILES string of the molecule is COCC1CCN(C(=O)NC(=O)C(C)Cl)CC1. The van der Waals surface area contributed by atoms with Crippen molar-refractivity contribution < 1.29 is 14.3 Å². The van der Waals surface area contributed by atoms with Crippen LogP contribution in [0.2, 0.25) is 0 Å². The van der Waals surface area contributed by atoms with Crippen LogP contribution in [0.3, 0.4) is 0 Å². The molecule has 0 bridgehead atoms. The largest absolute Gasteiger partial charge is 0.384 e. The van der Waals surface area contributed by atoms with Gasteiger partial charge < -0.3 is 9.64 Å². The van der Waals surface area contributed by atoms with Crippen molar-refractivity contribution in [1.29, 1.82) is 0 Å². The second-order valence-electron chi connectivity index (χ2n) is 4.30. The summed E-state index contributed by atoms with van der Waals surface area (Å²) in [7, 11) is 1.68. The molecule has 3 amide bonds. The monoisotopic (exact) mass is 262 g/mol. The van der Waals surface area contributed by atoms with Gasteiger partial charge in [-0.1, -0.05) is 0 Å². The molecule has 1 saturated heterocycles. The minimum Gasteiger partial charge on any atom is -0.384 e. The Morgan fingerprint density at radius 1 is 1.47 bits per heavy atom. The maximum Gasteiger partial charge on any atom is 0.324 e. The number of likely N-dealkylation sites (tertiary alicyclic amines) is 1. The first-order valence-electron chi connectivity index (χ1n) is 5.77. The third-order valence-electron chi connectivity index (χ3n) is 2.90. The molecular weight excluding hydrogens is 244 g/mol. The number of halogens is 1. The number of hydrogen-bond donors (Lipinski definition) is 1. The Kier molecular flexibility index (Phi) is 5.71. The standard InChI is InChI=1S/C11H19ClN2O3/c1-8(12)10(15)13-11(16)14-5-3-9(4-6-14)7-17-2/h8-9H,3-7H2,1-2H3,(H,13,15,16). The third-order valence-corrected chi connectivity index (χ3v) is 3.09. The zero-order chi connectivity index (χ0) is 12.8. The molecule has 1 heterocycles. The molecule has 0 spiro atoms. The first kappa shape index (κ1) is 14.3. The summed E-state index contributed by atoms with van der Waals surface area (Å²) in [5.74, 6) is 0.0578. The van der Waals surface area contributed by atoms with Gasteiger partial charge in [-0.3, -0.25) is 10.1 Å². The summed E-state index contributed by atoms with van der Waals surface area (Å²) in [6.45, 7) is 3.58. The average Bonchev–Trinajstić information content (AvgIpc) is 2.30. The van der Waals surface area contributed by atoms with Crippen LogP contribution < -0.4 is 5.32 Å². The van der Waals surface area contributed by atoms with Crippen molar-refractivity contribution in [1.82, 2.24) is 10.2 Å². The lowest BCUT2D eigenvalue weighted by Crippen LogP contribution is -2.48. The number of hydrogen-bond acceptors (Lipinski definition) is 3. The molecule has 0 aliphatic carbocycles. The number of imide groups is 1. The maximum absolute atomic E-state index is 11.7. The summed E-state index contributed by atoms with van der Waals surface area (Å²) in [5, 5.41) is 1.59. The lowest BCUT2D eigenvalue weighted by atomic mass is 9.98. The summed E-state index contributed by atoms with van der Waals surface area (Å²) in [6, 6.07) is -0.349. The molecule has 17 heavy (non-hydrogen) atoms. The normalized spacial score (nSPS) is 18.9. The number of rotatable bonds is 3. The van der Waals surface area contributed by atoms with Gasteiger partial charge in [-0.25, -0.2) is 4.79 Å². The quantitative estimate of drug-likeness (QED) is 0.778. The first-order valence-corrected chi connectivity index (χ1v) is 6.21. The predicted octanol–water partition coefficient (Wildman–Crippen LogP) is 1.21. The fourth-order valence-corrected chi connectivity index (χ4v) is 1.88. The topological polar surface area (TPSA) is 58.6 Å². The first-order chi connectivity index (χ1) is 8.04. The molecule has 98 valence electrons. The van der Waals surface area contributed by atoms with Crippen LogP contribution in [0.4, 0.5) is 4.79 Å². The molecule has 1 atom stereocenters.